The molecule has 4 heteroatoms. The highest BCUT2D eigenvalue weighted by Gasteiger charge is 2.22. The van der Waals surface area contributed by atoms with Crippen LogP contribution in [0, 0.1) is 5.92 Å². The van der Waals surface area contributed by atoms with Gasteiger partial charge in [-0.15, -0.1) is 11.8 Å². The highest BCUT2D eigenvalue weighted by atomic mass is 32.2. The number of carbonyl (C=O) groups excluding carboxylic acids is 1. The van der Waals surface area contributed by atoms with Gasteiger partial charge in [0.2, 0.25) is 0 Å². The Balaban J connectivity index is 3.89. The van der Waals surface area contributed by atoms with E-state index in [0.29, 0.717) is 12.3 Å². The molecule has 0 saturated heterocycles. The second kappa shape index (κ2) is 12.5. The van der Waals surface area contributed by atoms with Crippen LogP contribution in [0.3, 0.4) is 0 Å². The number of hydrogen-bond acceptors (Lipinski definition) is 3. The number of alkyl halides is 1. The van der Waals surface area contributed by atoms with Crippen LogP contribution in [0.25, 0.3) is 0 Å². The first-order chi connectivity index (χ1) is 9.47. The molecule has 20 heavy (non-hydrogen) atoms. The molecule has 0 heterocycles. The van der Waals surface area contributed by atoms with E-state index in [1.165, 1.54) is 0 Å². The van der Waals surface area contributed by atoms with E-state index >= 15 is 0 Å². The minimum atomic E-state index is -0.202. The SMILES string of the molecule is CC(C)CC(SCCCCCCCF)C(=O)OC(C)C. The van der Waals surface area contributed by atoms with Crippen molar-refractivity contribution < 1.29 is 13.9 Å². The molecule has 1 unspecified atom stereocenters. The molecule has 0 saturated carbocycles. The third-order valence-electron chi connectivity index (χ3n) is 2.90. The molecule has 0 aliphatic carbocycles. The van der Waals surface area contributed by atoms with Gasteiger partial charge in [-0.2, -0.15) is 0 Å². The van der Waals surface area contributed by atoms with E-state index in [4.69, 9.17) is 4.74 Å². The summed E-state index contributed by atoms with van der Waals surface area (Å²) in [6.45, 7) is 7.84. The Morgan fingerprint density at radius 1 is 1.05 bits per heavy atom. The van der Waals surface area contributed by atoms with Crippen LogP contribution >= 0.6 is 11.8 Å². The van der Waals surface area contributed by atoms with E-state index in [1.807, 2.05) is 13.8 Å². The molecule has 1 atom stereocenters. The zero-order valence-electron chi connectivity index (χ0n) is 13.5. The average Bonchev–Trinajstić information content (AvgIpc) is 2.35. The van der Waals surface area contributed by atoms with Gasteiger partial charge in [0.15, 0.2) is 0 Å². The average molecular weight is 306 g/mol. The first kappa shape index (κ1) is 19.8. The molecule has 0 bridgehead atoms. The summed E-state index contributed by atoms with van der Waals surface area (Å²) in [5, 5.41) is -0.0387. The van der Waals surface area contributed by atoms with Crippen molar-refractivity contribution in [3.63, 3.8) is 0 Å². The number of hydrogen-bond donors (Lipinski definition) is 0. The lowest BCUT2D eigenvalue weighted by molar-refractivity contribution is -0.147. The second-order valence-corrected chi connectivity index (χ2v) is 7.24. The molecule has 0 amide bonds. The van der Waals surface area contributed by atoms with Crippen LogP contribution in [-0.2, 0) is 9.53 Å². The number of carbonyl (C=O) groups is 1. The first-order valence-corrected chi connectivity index (χ1v) is 8.90. The molecule has 0 radical (unpaired) electrons. The summed E-state index contributed by atoms with van der Waals surface area (Å²) in [5.41, 5.74) is 0. The Labute approximate surface area is 128 Å². The molecule has 0 aromatic carbocycles. The summed E-state index contributed by atoms with van der Waals surface area (Å²) in [4.78, 5) is 12.0. The summed E-state index contributed by atoms with van der Waals surface area (Å²) in [6.07, 6.45) is 5.81. The molecule has 0 aliphatic heterocycles. The van der Waals surface area contributed by atoms with Crippen molar-refractivity contribution in [3.05, 3.63) is 0 Å². The van der Waals surface area contributed by atoms with Crippen LogP contribution in [0.4, 0.5) is 4.39 Å². The van der Waals surface area contributed by atoms with Crippen molar-refractivity contribution in [2.45, 2.75) is 77.6 Å². The fourth-order valence-corrected chi connectivity index (χ4v) is 3.29. The number of esters is 1. The lowest BCUT2D eigenvalue weighted by Gasteiger charge is -2.19. The van der Waals surface area contributed by atoms with E-state index in [1.54, 1.807) is 11.8 Å². The van der Waals surface area contributed by atoms with Crippen LogP contribution in [0.5, 0.6) is 0 Å². The summed E-state index contributed by atoms with van der Waals surface area (Å²) < 4.78 is 17.3. The fraction of sp³-hybridized carbons (Fsp3) is 0.938. The van der Waals surface area contributed by atoms with E-state index in [-0.39, 0.29) is 24.0 Å². The Hall–Kier alpha value is -0.250. The molecule has 0 aromatic heterocycles. The molecular weight excluding hydrogens is 275 g/mol. The quantitative estimate of drug-likeness (QED) is 0.375. The minimum absolute atomic E-state index is 0.0387. The highest BCUT2D eigenvalue weighted by molar-refractivity contribution is 8.00. The van der Waals surface area contributed by atoms with Crippen molar-refractivity contribution in [2.24, 2.45) is 5.92 Å². The van der Waals surface area contributed by atoms with E-state index in [0.717, 1.165) is 37.9 Å². The maximum Gasteiger partial charge on any atom is 0.319 e. The second-order valence-electron chi connectivity index (χ2n) is 5.93. The summed E-state index contributed by atoms with van der Waals surface area (Å²) in [7, 11) is 0. The Bertz CT molecular complexity index is 245. The van der Waals surface area contributed by atoms with Gasteiger partial charge in [-0.25, -0.2) is 0 Å². The van der Waals surface area contributed by atoms with Gasteiger partial charge in [-0.05, 0) is 44.8 Å². The van der Waals surface area contributed by atoms with Gasteiger partial charge in [0.05, 0.1) is 12.8 Å². The summed E-state index contributed by atoms with van der Waals surface area (Å²) in [5.74, 6) is 1.41. The van der Waals surface area contributed by atoms with Gasteiger partial charge in [0, 0.05) is 0 Å². The van der Waals surface area contributed by atoms with Crippen LogP contribution < -0.4 is 0 Å². The highest BCUT2D eigenvalue weighted by Crippen LogP contribution is 2.23. The smallest absolute Gasteiger partial charge is 0.319 e. The largest absolute Gasteiger partial charge is 0.462 e. The van der Waals surface area contributed by atoms with Gasteiger partial charge in [-0.1, -0.05) is 33.1 Å². The maximum absolute atomic E-state index is 12.0. The van der Waals surface area contributed by atoms with Gasteiger partial charge in [0.1, 0.15) is 5.25 Å². The lowest BCUT2D eigenvalue weighted by Crippen LogP contribution is -2.25. The molecule has 0 spiro atoms. The molecule has 0 fully saturated rings. The molecule has 0 rings (SSSR count). The molecule has 120 valence electrons. The van der Waals surface area contributed by atoms with Crippen molar-refractivity contribution in [1.82, 2.24) is 0 Å². The first-order valence-electron chi connectivity index (χ1n) is 7.85. The van der Waals surface area contributed by atoms with E-state index in [2.05, 4.69) is 13.8 Å². The number of thioether (sulfide) groups is 1. The molecule has 0 aliphatic rings. The van der Waals surface area contributed by atoms with Crippen molar-refractivity contribution >= 4 is 17.7 Å². The minimum Gasteiger partial charge on any atom is -0.462 e. The maximum atomic E-state index is 12.0. The third-order valence-corrected chi connectivity index (χ3v) is 4.21. The van der Waals surface area contributed by atoms with Crippen molar-refractivity contribution in [2.75, 3.05) is 12.4 Å². The Morgan fingerprint density at radius 2 is 1.65 bits per heavy atom. The topological polar surface area (TPSA) is 26.3 Å². The van der Waals surface area contributed by atoms with Crippen LogP contribution in [0.2, 0.25) is 0 Å². The predicted octanol–water partition coefficient (Wildman–Crippen LogP) is 5.01. The number of unbranched alkanes of at least 4 members (excludes halogenated alkanes) is 4. The van der Waals surface area contributed by atoms with Gasteiger partial charge in [0.25, 0.3) is 0 Å². The number of rotatable bonds is 12. The lowest BCUT2D eigenvalue weighted by atomic mass is 10.1. The Morgan fingerprint density at radius 3 is 2.20 bits per heavy atom. The molecular formula is C16H31FO2S. The van der Waals surface area contributed by atoms with Gasteiger partial charge in [-0.3, -0.25) is 9.18 Å². The zero-order chi connectivity index (χ0) is 15.4. The van der Waals surface area contributed by atoms with Crippen molar-refractivity contribution in [1.29, 1.82) is 0 Å². The standard InChI is InChI=1S/C16H31FO2S/c1-13(2)12-15(16(18)19-14(3)4)20-11-9-7-5-6-8-10-17/h13-15H,5-12H2,1-4H3. The van der Waals surface area contributed by atoms with E-state index < -0.39 is 0 Å². The molecule has 0 aromatic rings. The van der Waals surface area contributed by atoms with Gasteiger partial charge < -0.3 is 4.74 Å². The summed E-state index contributed by atoms with van der Waals surface area (Å²) in [6, 6.07) is 0. The zero-order valence-corrected chi connectivity index (χ0v) is 14.3. The van der Waals surface area contributed by atoms with Gasteiger partial charge >= 0.3 is 5.97 Å². The Kier molecular flexibility index (Phi) is 12.3. The number of halogens is 1. The van der Waals surface area contributed by atoms with Crippen LogP contribution in [-0.4, -0.2) is 29.8 Å². The van der Waals surface area contributed by atoms with Crippen LogP contribution in [0.15, 0.2) is 0 Å². The molecule has 0 N–H and O–H groups in total. The van der Waals surface area contributed by atoms with Crippen LogP contribution in [0.1, 0.15) is 66.2 Å². The summed E-state index contributed by atoms with van der Waals surface area (Å²) >= 11 is 1.72. The van der Waals surface area contributed by atoms with E-state index in [9.17, 15) is 9.18 Å². The fourth-order valence-electron chi connectivity index (χ4n) is 1.92. The van der Waals surface area contributed by atoms with Crippen molar-refractivity contribution in [3.8, 4) is 0 Å². The normalized spacial score (nSPS) is 12.9. The predicted molar refractivity (Wildman–Crippen MR) is 86.0 cm³/mol. The monoisotopic (exact) mass is 306 g/mol. The third kappa shape index (κ3) is 11.6. The molecule has 2 nitrogen and oxygen atoms in total. The number of ether oxygens (including phenoxy) is 1.